The maximum Gasteiger partial charge on any atom is 0.275 e. The van der Waals surface area contributed by atoms with Gasteiger partial charge in [-0.15, -0.1) is 11.3 Å². The summed E-state index contributed by atoms with van der Waals surface area (Å²) in [6.07, 6.45) is 4.27. The number of amides is 2. The molecule has 0 aliphatic heterocycles. The van der Waals surface area contributed by atoms with Crippen molar-refractivity contribution >= 4 is 40.4 Å². The molecule has 25 heavy (non-hydrogen) atoms. The summed E-state index contributed by atoms with van der Waals surface area (Å²) in [5.74, 6) is -0.712. The summed E-state index contributed by atoms with van der Waals surface area (Å²) in [6.45, 7) is 0.300. The number of benzene rings is 1. The van der Waals surface area contributed by atoms with Gasteiger partial charge in [0.25, 0.3) is 11.8 Å². The topological polar surface area (TPSA) is 84.0 Å². The molecule has 0 aliphatic rings. The Kier molecular flexibility index (Phi) is 5.37. The number of carbonyl (C=O) groups is 2. The summed E-state index contributed by atoms with van der Waals surface area (Å²) in [5, 5.41) is 7.80. The summed E-state index contributed by atoms with van der Waals surface area (Å²) in [5.41, 5.74) is 1.42. The summed E-state index contributed by atoms with van der Waals surface area (Å²) in [7, 11) is 0. The van der Waals surface area contributed by atoms with Crippen LogP contribution in [0, 0.1) is 0 Å². The number of nitrogens with one attached hydrogen (secondary N) is 2. The van der Waals surface area contributed by atoms with Gasteiger partial charge in [0.15, 0.2) is 0 Å². The molecule has 3 rings (SSSR count). The molecule has 1 aromatic carbocycles. The van der Waals surface area contributed by atoms with Crippen molar-refractivity contribution in [1.82, 2.24) is 15.3 Å². The van der Waals surface area contributed by atoms with Crippen LogP contribution in [0.2, 0.25) is 5.02 Å². The summed E-state index contributed by atoms with van der Waals surface area (Å²) >= 11 is 7.32. The summed E-state index contributed by atoms with van der Waals surface area (Å²) in [6, 6.07) is 8.95. The lowest BCUT2D eigenvalue weighted by atomic mass is 10.2. The van der Waals surface area contributed by atoms with Crippen LogP contribution in [0.4, 0.5) is 5.69 Å². The number of hydrogen-bond donors (Lipinski definition) is 2. The van der Waals surface area contributed by atoms with Crippen LogP contribution < -0.4 is 10.6 Å². The molecule has 2 heterocycles. The Morgan fingerprint density at radius 3 is 2.72 bits per heavy atom. The van der Waals surface area contributed by atoms with Crippen molar-refractivity contribution in [2.45, 2.75) is 6.54 Å². The van der Waals surface area contributed by atoms with Crippen molar-refractivity contribution in [3.63, 3.8) is 0 Å². The standard InChI is InChI=1S/C17H13ClN4O2S/c18-12-4-2-1-3-11(12)9-21-17(24)15-13(5-8-25-15)22-16(23)14-10-19-6-7-20-14/h1-8,10H,9H2,(H,21,24)(H,22,23). The first-order valence-electron chi connectivity index (χ1n) is 7.31. The molecule has 0 bridgehead atoms. The van der Waals surface area contributed by atoms with Crippen molar-refractivity contribution in [2.75, 3.05) is 5.32 Å². The minimum absolute atomic E-state index is 0.177. The van der Waals surface area contributed by atoms with Crippen LogP contribution in [-0.2, 0) is 6.54 Å². The van der Waals surface area contributed by atoms with Crippen molar-refractivity contribution < 1.29 is 9.59 Å². The molecule has 8 heteroatoms. The van der Waals surface area contributed by atoms with Crippen molar-refractivity contribution in [2.24, 2.45) is 0 Å². The molecule has 0 saturated heterocycles. The van der Waals surface area contributed by atoms with Crippen molar-refractivity contribution in [3.05, 3.63) is 75.5 Å². The third kappa shape index (κ3) is 4.20. The highest BCUT2D eigenvalue weighted by molar-refractivity contribution is 7.12. The van der Waals surface area contributed by atoms with Gasteiger partial charge in [-0.3, -0.25) is 14.6 Å². The van der Waals surface area contributed by atoms with Crippen LogP contribution >= 0.6 is 22.9 Å². The largest absolute Gasteiger partial charge is 0.347 e. The second-order valence-corrected chi connectivity index (χ2v) is 6.31. The zero-order valence-electron chi connectivity index (χ0n) is 12.9. The number of carbonyl (C=O) groups excluding carboxylic acids is 2. The quantitative estimate of drug-likeness (QED) is 0.719. The first-order valence-corrected chi connectivity index (χ1v) is 8.57. The molecule has 0 unspecified atom stereocenters. The van der Waals surface area contributed by atoms with E-state index >= 15 is 0 Å². The minimum Gasteiger partial charge on any atom is -0.347 e. The van der Waals surface area contributed by atoms with Crippen molar-refractivity contribution in [1.29, 1.82) is 0 Å². The van der Waals surface area contributed by atoms with Crippen LogP contribution in [0.3, 0.4) is 0 Å². The Morgan fingerprint density at radius 2 is 1.96 bits per heavy atom. The Hall–Kier alpha value is -2.77. The Bertz CT molecular complexity index is 898. The molecule has 3 aromatic rings. The molecule has 0 fully saturated rings. The predicted octanol–water partition coefficient (Wildman–Crippen LogP) is 3.37. The van der Waals surface area contributed by atoms with Crippen LogP contribution in [0.1, 0.15) is 25.7 Å². The number of rotatable bonds is 5. The Labute approximate surface area is 152 Å². The smallest absolute Gasteiger partial charge is 0.275 e. The van der Waals surface area contributed by atoms with Gasteiger partial charge in [-0.2, -0.15) is 0 Å². The van der Waals surface area contributed by atoms with E-state index in [2.05, 4.69) is 20.6 Å². The second kappa shape index (κ2) is 7.87. The molecule has 0 atom stereocenters. The van der Waals surface area contributed by atoms with E-state index in [1.54, 1.807) is 17.5 Å². The summed E-state index contributed by atoms with van der Waals surface area (Å²) in [4.78, 5) is 32.8. The highest BCUT2D eigenvalue weighted by Crippen LogP contribution is 2.23. The Morgan fingerprint density at radius 1 is 1.12 bits per heavy atom. The number of hydrogen-bond acceptors (Lipinski definition) is 5. The van der Waals surface area contributed by atoms with E-state index in [1.807, 2.05) is 18.2 Å². The van der Waals surface area contributed by atoms with Gasteiger partial charge in [0.2, 0.25) is 0 Å². The molecule has 0 saturated carbocycles. The van der Waals surface area contributed by atoms with Gasteiger partial charge < -0.3 is 10.6 Å². The lowest BCUT2D eigenvalue weighted by molar-refractivity contribution is 0.0956. The maximum atomic E-state index is 12.4. The number of halogens is 1. The molecule has 2 N–H and O–H groups in total. The van der Waals surface area contributed by atoms with E-state index in [1.165, 1.54) is 29.9 Å². The van der Waals surface area contributed by atoms with Gasteiger partial charge in [0, 0.05) is 24.0 Å². The lowest BCUT2D eigenvalue weighted by Gasteiger charge is -2.08. The van der Waals surface area contributed by atoms with Gasteiger partial charge in [-0.1, -0.05) is 29.8 Å². The fourth-order valence-electron chi connectivity index (χ4n) is 2.08. The molecule has 2 amide bonds. The average Bonchev–Trinajstić information content (AvgIpc) is 3.09. The number of thiophene rings is 1. The zero-order valence-corrected chi connectivity index (χ0v) is 14.5. The fourth-order valence-corrected chi connectivity index (χ4v) is 3.05. The monoisotopic (exact) mass is 372 g/mol. The van der Waals surface area contributed by atoms with Gasteiger partial charge in [0.1, 0.15) is 10.6 Å². The first kappa shape index (κ1) is 17.1. The van der Waals surface area contributed by atoms with Crippen LogP contribution in [0.5, 0.6) is 0 Å². The third-order valence-corrected chi connectivity index (χ3v) is 4.59. The minimum atomic E-state index is -0.424. The Balaban J connectivity index is 1.67. The molecule has 126 valence electrons. The van der Waals surface area contributed by atoms with Crippen LogP contribution in [0.15, 0.2) is 54.3 Å². The molecule has 0 spiro atoms. The van der Waals surface area contributed by atoms with E-state index in [4.69, 9.17) is 11.6 Å². The van der Waals surface area contributed by atoms with E-state index < -0.39 is 5.91 Å². The number of anilines is 1. The van der Waals surface area contributed by atoms with Gasteiger partial charge in [-0.05, 0) is 23.1 Å². The molecule has 2 aromatic heterocycles. The molecule has 0 radical (unpaired) electrons. The summed E-state index contributed by atoms with van der Waals surface area (Å²) < 4.78 is 0. The SMILES string of the molecule is O=C(Nc1ccsc1C(=O)NCc1ccccc1Cl)c1cnccn1. The van der Waals surface area contributed by atoms with Gasteiger partial charge in [-0.25, -0.2) is 4.98 Å². The van der Waals surface area contributed by atoms with Gasteiger partial charge >= 0.3 is 0 Å². The lowest BCUT2D eigenvalue weighted by Crippen LogP contribution is -2.24. The number of nitrogens with zero attached hydrogens (tertiary/aromatic N) is 2. The van der Waals surface area contributed by atoms with Crippen molar-refractivity contribution in [3.8, 4) is 0 Å². The third-order valence-electron chi connectivity index (χ3n) is 3.31. The van der Waals surface area contributed by atoms with Gasteiger partial charge in [0.05, 0.1) is 11.9 Å². The van der Waals surface area contributed by atoms with E-state index in [9.17, 15) is 9.59 Å². The second-order valence-electron chi connectivity index (χ2n) is 4.98. The molecule has 6 nitrogen and oxygen atoms in total. The average molecular weight is 373 g/mol. The van der Waals surface area contributed by atoms with Crippen LogP contribution in [0.25, 0.3) is 0 Å². The predicted molar refractivity (Wildman–Crippen MR) is 96.9 cm³/mol. The molecular weight excluding hydrogens is 360 g/mol. The normalized spacial score (nSPS) is 10.3. The van der Waals surface area contributed by atoms with E-state index in [0.29, 0.717) is 22.1 Å². The fraction of sp³-hybridized carbons (Fsp3) is 0.0588. The van der Waals surface area contributed by atoms with Crippen LogP contribution in [-0.4, -0.2) is 21.8 Å². The molecular formula is C17H13ClN4O2S. The maximum absolute atomic E-state index is 12.4. The number of aromatic nitrogens is 2. The zero-order chi connectivity index (χ0) is 17.6. The first-order chi connectivity index (χ1) is 12.1. The highest BCUT2D eigenvalue weighted by atomic mass is 35.5. The van der Waals surface area contributed by atoms with E-state index in [-0.39, 0.29) is 11.6 Å². The van der Waals surface area contributed by atoms with E-state index in [0.717, 1.165) is 5.56 Å². The highest BCUT2D eigenvalue weighted by Gasteiger charge is 2.16. The molecule has 0 aliphatic carbocycles.